The van der Waals surface area contributed by atoms with Crippen molar-refractivity contribution in [1.29, 1.82) is 0 Å². The number of hydrogen-bond donors (Lipinski definition) is 0. The molecular formula is C21H24N4O. The van der Waals surface area contributed by atoms with Gasteiger partial charge >= 0.3 is 0 Å². The summed E-state index contributed by atoms with van der Waals surface area (Å²) in [6.45, 7) is 3.80. The predicted octanol–water partition coefficient (Wildman–Crippen LogP) is 4.14. The first-order chi connectivity index (χ1) is 12.8. The number of ether oxygens (including phenoxy) is 1. The van der Waals surface area contributed by atoms with E-state index in [1.54, 1.807) is 0 Å². The molecule has 0 N–H and O–H groups in total. The van der Waals surface area contributed by atoms with Crippen LogP contribution >= 0.6 is 0 Å². The van der Waals surface area contributed by atoms with Crippen molar-refractivity contribution in [2.24, 2.45) is 0 Å². The van der Waals surface area contributed by atoms with Crippen LogP contribution in [0, 0.1) is 0 Å². The molecular weight excluding hydrogens is 324 g/mol. The Bertz CT molecular complexity index is 850. The van der Waals surface area contributed by atoms with Crippen molar-refractivity contribution in [3.8, 4) is 22.6 Å². The SMILES string of the molecule is CCc1cnc(-c2cccc(-c3ccn(CC4CCCCO4)n3)c2)nc1. The van der Waals surface area contributed by atoms with Crippen LogP contribution in [0.25, 0.3) is 22.6 Å². The first-order valence-corrected chi connectivity index (χ1v) is 9.38. The van der Waals surface area contributed by atoms with Crippen LogP contribution in [-0.4, -0.2) is 32.5 Å². The summed E-state index contributed by atoms with van der Waals surface area (Å²) < 4.78 is 7.81. The Kier molecular flexibility index (Phi) is 5.07. The highest BCUT2D eigenvalue weighted by Crippen LogP contribution is 2.23. The molecule has 0 spiro atoms. The quantitative estimate of drug-likeness (QED) is 0.695. The van der Waals surface area contributed by atoms with Crippen LogP contribution in [0.1, 0.15) is 31.7 Å². The summed E-state index contributed by atoms with van der Waals surface area (Å²) in [5, 5.41) is 4.73. The molecule has 1 unspecified atom stereocenters. The maximum absolute atomic E-state index is 5.82. The highest BCUT2D eigenvalue weighted by molar-refractivity contribution is 5.67. The van der Waals surface area contributed by atoms with E-state index in [0.717, 1.165) is 54.2 Å². The number of aromatic nitrogens is 4. The molecule has 5 heteroatoms. The predicted molar refractivity (Wildman–Crippen MR) is 102 cm³/mol. The highest BCUT2D eigenvalue weighted by atomic mass is 16.5. The molecule has 134 valence electrons. The summed E-state index contributed by atoms with van der Waals surface area (Å²) in [5.41, 5.74) is 4.20. The molecule has 1 fully saturated rings. The standard InChI is InChI=1S/C21H24N4O/c1-2-16-13-22-21(23-14-16)18-7-5-6-17(12-18)20-9-10-25(24-20)15-19-8-3-4-11-26-19/h5-7,9-10,12-14,19H,2-4,8,11,15H2,1H3. The molecule has 4 rings (SSSR count). The first kappa shape index (κ1) is 16.9. The molecule has 0 amide bonds. The van der Waals surface area contributed by atoms with Crippen LogP contribution in [-0.2, 0) is 17.7 Å². The van der Waals surface area contributed by atoms with Gasteiger partial charge in [-0.1, -0.05) is 25.1 Å². The Labute approximate surface area is 154 Å². The number of rotatable bonds is 5. The minimum atomic E-state index is 0.285. The van der Waals surface area contributed by atoms with Gasteiger partial charge in [0.15, 0.2) is 5.82 Å². The first-order valence-electron chi connectivity index (χ1n) is 9.38. The van der Waals surface area contributed by atoms with E-state index >= 15 is 0 Å². The van der Waals surface area contributed by atoms with Gasteiger partial charge in [0.25, 0.3) is 0 Å². The molecule has 3 heterocycles. The molecule has 1 aliphatic heterocycles. The summed E-state index contributed by atoms with van der Waals surface area (Å²) in [6.07, 6.45) is 10.6. The van der Waals surface area contributed by atoms with Gasteiger partial charge in [-0.15, -0.1) is 0 Å². The summed E-state index contributed by atoms with van der Waals surface area (Å²) in [5.74, 6) is 0.749. The fourth-order valence-corrected chi connectivity index (χ4v) is 3.28. The second-order valence-corrected chi connectivity index (χ2v) is 6.76. The van der Waals surface area contributed by atoms with E-state index < -0.39 is 0 Å². The molecule has 1 aromatic carbocycles. The second-order valence-electron chi connectivity index (χ2n) is 6.76. The molecule has 0 saturated carbocycles. The maximum Gasteiger partial charge on any atom is 0.159 e. The van der Waals surface area contributed by atoms with E-state index in [2.05, 4.69) is 35.1 Å². The fraction of sp³-hybridized carbons (Fsp3) is 0.381. The zero-order chi connectivity index (χ0) is 17.8. The number of aryl methyl sites for hydroxylation is 1. The van der Waals surface area contributed by atoms with Crippen molar-refractivity contribution >= 4 is 0 Å². The van der Waals surface area contributed by atoms with Crippen molar-refractivity contribution < 1.29 is 4.74 Å². The molecule has 2 aromatic heterocycles. The Balaban J connectivity index is 1.52. The monoisotopic (exact) mass is 348 g/mol. The molecule has 0 bridgehead atoms. The third-order valence-electron chi connectivity index (χ3n) is 4.84. The van der Waals surface area contributed by atoms with Gasteiger partial charge < -0.3 is 4.74 Å². The van der Waals surface area contributed by atoms with Gasteiger partial charge in [0, 0.05) is 36.3 Å². The Morgan fingerprint density at radius 3 is 2.73 bits per heavy atom. The summed E-state index contributed by atoms with van der Waals surface area (Å²) in [6, 6.07) is 10.3. The van der Waals surface area contributed by atoms with Crippen LogP contribution in [0.3, 0.4) is 0 Å². The van der Waals surface area contributed by atoms with E-state index in [1.165, 1.54) is 12.8 Å². The van der Waals surface area contributed by atoms with Gasteiger partial charge in [-0.05, 0) is 43.4 Å². The number of nitrogens with zero attached hydrogens (tertiary/aromatic N) is 4. The second kappa shape index (κ2) is 7.79. The Hall–Kier alpha value is -2.53. The Morgan fingerprint density at radius 2 is 1.96 bits per heavy atom. The van der Waals surface area contributed by atoms with Crippen molar-refractivity contribution in [2.75, 3.05) is 6.61 Å². The largest absolute Gasteiger partial charge is 0.376 e. The van der Waals surface area contributed by atoms with E-state index in [-0.39, 0.29) is 6.10 Å². The normalized spacial score (nSPS) is 17.3. The molecule has 5 nitrogen and oxygen atoms in total. The van der Waals surface area contributed by atoms with Crippen molar-refractivity contribution in [3.05, 3.63) is 54.5 Å². The Morgan fingerprint density at radius 1 is 1.12 bits per heavy atom. The highest BCUT2D eigenvalue weighted by Gasteiger charge is 2.15. The van der Waals surface area contributed by atoms with Crippen LogP contribution in [0.2, 0.25) is 0 Å². The van der Waals surface area contributed by atoms with Crippen LogP contribution in [0.15, 0.2) is 48.9 Å². The molecule has 3 aromatic rings. The van der Waals surface area contributed by atoms with E-state index in [0.29, 0.717) is 0 Å². The zero-order valence-electron chi connectivity index (χ0n) is 15.1. The topological polar surface area (TPSA) is 52.8 Å². The van der Waals surface area contributed by atoms with Crippen molar-refractivity contribution in [2.45, 2.75) is 45.3 Å². The molecule has 1 saturated heterocycles. The lowest BCUT2D eigenvalue weighted by Crippen LogP contribution is -2.24. The van der Waals surface area contributed by atoms with Crippen LogP contribution < -0.4 is 0 Å². The lowest BCUT2D eigenvalue weighted by molar-refractivity contribution is 0.00403. The summed E-state index contributed by atoms with van der Waals surface area (Å²) in [7, 11) is 0. The van der Waals surface area contributed by atoms with Crippen molar-refractivity contribution in [1.82, 2.24) is 19.7 Å². The average Bonchev–Trinajstić information content (AvgIpc) is 3.17. The maximum atomic E-state index is 5.82. The third kappa shape index (κ3) is 3.83. The fourth-order valence-electron chi connectivity index (χ4n) is 3.28. The van der Waals surface area contributed by atoms with Crippen molar-refractivity contribution in [3.63, 3.8) is 0 Å². The molecule has 0 aliphatic carbocycles. The van der Waals surface area contributed by atoms with Gasteiger partial charge in [-0.2, -0.15) is 5.10 Å². The number of hydrogen-bond acceptors (Lipinski definition) is 4. The molecule has 1 aliphatic rings. The molecule has 0 radical (unpaired) electrons. The van der Waals surface area contributed by atoms with E-state index in [4.69, 9.17) is 9.84 Å². The smallest absolute Gasteiger partial charge is 0.159 e. The summed E-state index contributed by atoms with van der Waals surface area (Å²) in [4.78, 5) is 8.97. The van der Waals surface area contributed by atoms with Gasteiger partial charge in [-0.25, -0.2) is 9.97 Å². The van der Waals surface area contributed by atoms with Gasteiger partial charge in [0.2, 0.25) is 0 Å². The van der Waals surface area contributed by atoms with Crippen LogP contribution in [0.4, 0.5) is 0 Å². The third-order valence-corrected chi connectivity index (χ3v) is 4.84. The molecule has 1 atom stereocenters. The lowest BCUT2D eigenvalue weighted by atomic mass is 10.1. The minimum absolute atomic E-state index is 0.285. The minimum Gasteiger partial charge on any atom is -0.376 e. The zero-order valence-corrected chi connectivity index (χ0v) is 15.1. The van der Waals surface area contributed by atoms with E-state index in [9.17, 15) is 0 Å². The number of benzene rings is 1. The molecule has 26 heavy (non-hydrogen) atoms. The summed E-state index contributed by atoms with van der Waals surface area (Å²) >= 11 is 0. The lowest BCUT2D eigenvalue weighted by Gasteiger charge is -2.22. The van der Waals surface area contributed by atoms with Gasteiger partial charge in [0.1, 0.15) is 0 Å². The van der Waals surface area contributed by atoms with Gasteiger partial charge in [0.05, 0.1) is 18.3 Å². The van der Waals surface area contributed by atoms with Gasteiger partial charge in [-0.3, -0.25) is 4.68 Å². The van der Waals surface area contributed by atoms with E-state index in [1.807, 2.05) is 35.4 Å². The van der Waals surface area contributed by atoms with Crippen LogP contribution in [0.5, 0.6) is 0 Å². The average molecular weight is 348 g/mol.